The van der Waals surface area contributed by atoms with Gasteiger partial charge in [0.25, 0.3) is 0 Å². The molecule has 3 nitrogen and oxygen atoms in total. The van der Waals surface area contributed by atoms with Gasteiger partial charge in [0, 0.05) is 12.1 Å². The first-order valence-corrected chi connectivity index (χ1v) is 5.45. The number of carbonyl (C=O) groups is 1. The zero-order valence-electron chi connectivity index (χ0n) is 10.1. The number of rotatable bonds is 7. The molecule has 1 N–H and O–H groups in total. The minimum atomic E-state index is -0.729. The van der Waals surface area contributed by atoms with Crippen molar-refractivity contribution in [3.63, 3.8) is 0 Å². The van der Waals surface area contributed by atoms with E-state index in [9.17, 15) is 4.79 Å². The third-order valence-electron chi connectivity index (χ3n) is 2.38. The van der Waals surface area contributed by atoms with Crippen LogP contribution in [0.15, 0.2) is 12.7 Å². The van der Waals surface area contributed by atoms with E-state index < -0.39 is 5.97 Å². The lowest BCUT2D eigenvalue weighted by atomic mass is 10.0. The predicted molar refractivity (Wildman–Crippen MR) is 63.0 cm³/mol. The Morgan fingerprint density at radius 2 is 2.00 bits per heavy atom. The fourth-order valence-corrected chi connectivity index (χ4v) is 1.44. The third kappa shape index (κ3) is 7.14. The van der Waals surface area contributed by atoms with E-state index in [1.54, 1.807) is 0 Å². The lowest BCUT2D eigenvalue weighted by molar-refractivity contribution is -0.137. The van der Waals surface area contributed by atoms with E-state index in [0.29, 0.717) is 6.54 Å². The van der Waals surface area contributed by atoms with Crippen LogP contribution in [0, 0.1) is 0 Å². The van der Waals surface area contributed by atoms with Gasteiger partial charge in [0.1, 0.15) is 0 Å². The largest absolute Gasteiger partial charge is 0.481 e. The second-order valence-electron chi connectivity index (χ2n) is 4.73. The Hall–Kier alpha value is -0.830. The van der Waals surface area contributed by atoms with Crippen molar-refractivity contribution >= 4 is 5.97 Å². The lowest BCUT2D eigenvalue weighted by Gasteiger charge is -2.35. The lowest BCUT2D eigenvalue weighted by Crippen LogP contribution is -2.43. The SMILES string of the molecule is C=CCCCN(CCC(=O)O)C(C)(C)C. The summed E-state index contributed by atoms with van der Waals surface area (Å²) in [6.45, 7) is 11.6. The van der Waals surface area contributed by atoms with Gasteiger partial charge in [-0.15, -0.1) is 6.58 Å². The zero-order valence-corrected chi connectivity index (χ0v) is 10.1. The molecular formula is C12H23NO2. The van der Waals surface area contributed by atoms with Crippen LogP contribution in [-0.2, 0) is 4.79 Å². The van der Waals surface area contributed by atoms with Gasteiger partial charge in [-0.3, -0.25) is 9.69 Å². The Bertz CT molecular complexity index is 206. The summed E-state index contributed by atoms with van der Waals surface area (Å²) in [5.41, 5.74) is 0.0383. The molecule has 0 unspecified atom stereocenters. The number of aliphatic carboxylic acids is 1. The molecule has 0 aromatic carbocycles. The van der Waals surface area contributed by atoms with Crippen LogP contribution < -0.4 is 0 Å². The first-order chi connectivity index (χ1) is 6.88. The van der Waals surface area contributed by atoms with Gasteiger partial charge in [0.15, 0.2) is 0 Å². The molecule has 0 aromatic rings. The molecule has 0 saturated carbocycles. The average Bonchev–Trinajstić information content (AvgIpc) is 2.08. The van der Waals surface area contributed by atoms with Crippen molar-refractivity contribution in [3.8, 4) is 0 Å². The summed E-state index contributed by atoms with van der Waals surface area (Å²) in [4.78, 5) is 12.7. The maximum Gasteiger partial charge on any atom is 0.304 e. The molecule has 0 bridgehead atoms. The van der Waals surface area contributed by atoms with E-state index >= 15 is 0 Å². The van der Waals surface area contributed by atoms with Crippen molar-refractivity contribution in [2.24, 2.45) is 0 Å². The van der Waals surface area contributed by atoms with E-state index in [-0.39, 0.29) is 12.0 Å². The molecule has 0 radical (unpaired) electrons. The van der Waals surface area contributed by atoms with Crippen LogP contribution in [0.4, 0.5) is 0 Å². The monoisotopic (exact) mass is 213 g/mol. The van der Waals surface area contributed by atoms with Crippen molar-refractivity contribution in [2.75, 3.05) is 13.1 Å². The van der Waals surface area contributed by atoms with Crippen molar-refractivity contribution in [2.45, 2.75) is 45.6 Å². The maximum absolute atomic E-state index is 10.5. The van der Waals surface area contributed by atoms with Gasteiger partial charge >= 0.3 is 5.97 Å². The Morgan fingerprint density at radius 3 is 2.40 bits per heavy atom. The first kappa shape index (κ1) is 14.2. The van der Waals surface area contributed by atoms with Crippen molar-refractivity contribution in [1.82, 2.24) is 4.90 Å². The fraction of sp³-hybridized carbons (Fsp3) is 0.750. The van der Waals surface area contributed by atoms with Crippen molar-refractivity contribution < 1.29 is 9.90 Å². The minimum Gasteiger partial charge on any atom is -0.481 e. The Kier molecular flexibility index (Phi) is 6.25. The van der Waals surface area contributed by atoms with Crippen LogP contribution in [0.3, 0.4) is 0 Å². The van der Waals surface area contributed by atoms with Crippen molar-refractivity contribution in [3.05, 3.63) is 12.7 Å². The van der Waals surface area contributed by atoms with Gasteiger partial charge in [0.05, 0.1) is 6.42 Å². The van der Waals surface area contributed by atoms with Gasteiger partial charge in [0.2, 0.25) is 0 Å². The molecular weight excluding hydrogens is 190 g/mol. The average molecular weight is 213 g/mol. The molecule has 88 valence electrons. The quantitative estimate of drug-likeness (QED) is 0.522. The fourth-order valence-electron chi connectivity index (χ4n) is 1.44. The molecule has 0 saturated heterocycles. The minimum absolute atomic E-state index is 0.0383. The van der Waals surface area contributed by atoms with E-state index in [0.717, 1.165) is 19.4 Å². The van der Waals surface area contributed by atoms with E-state index in [1.165, 1.54) is 0 Å². The topological polar surface area (TPSA) is 40.5 Å². The molecule has 0 atom stereocenters. The number of allylic oxidation sites excluding steroid dienone is 1. The highest BCUT2D eigenvalue weighted by Crippen LogP contribution is 2.14. The molecule has 0 aromatic heterocycles. The molecule has 0 aliphatic carbocycles. The Balaban J connectivity index is 4.07. The van der Waals surface area contributed by atoms with Gasteiger partial charge in [-0.05, 0) is 40.2 Å². The second-order valence-corrected chi connectivity index (χ2v) is 4.73. The molecule has 0 amide bonds. The van der Waals surface area contributed by atoms with Crippen LogP contribution in [0.1, 0.15) is 40.0 Å². The summed E-state index contributed by atoms with van der Waals surface area (Å²) in [6, 6.07) is 0. The van der Waals surface area contributed by atoms with Crippen LogP contribution in [0.5, 0.6) is 0 Å². The summed E-state index contributed by atoms with van der Waals surface area (Å²) < 4.78 is 0. The van der Waals surface area contributed by atoms with Gasteiger partial charge in [-0.25, -0.2) is 0 Å². The smallest absolute Gasteiger partial charge is 0.304 e. The molecule has 0 aliphatic rings. The Labute approximate surface area is 92.8 Å². The molecule has 15 heavy (non-hydrogen) atoms. The van der Waals surface area contributed by atoms with Crippen LogP contribution in [0.2, 0.25) is 0 Å². The van der Waals surface area contributed by atoms with Crippen LogP contribution in [0.25, 0.3) is 0 Å². The van der Waals surface area contributed by atoms with E-state index in [4.69, 9.17) is 5.11 Å². The van der Waals surface area contributed by atoms with E-state index in [2.05, 4.69) is 32.3 Å². The summed E-state index contributed by atoms with van der Waals surface area (Å²) in [5, 5.41) is 8.66. The highest BCUT2D eigenvalue weighted by molar-refractivity contribution is 5.66. The standard InChI is InChI=1S/C12H23NO2/c1-5-6-7-9-13(12(2,3)4)10-8-11(14)15/h5H,1,6-10H2,2-4H3,(H,14,15). The number of nitrogens with zero attached hydrogens (tertiary/aromatic N) is 1. The normalized spacial score (nSPS) is 11.7. The molecule has 0 aliphatic heterocycles. The predicted octanol–water partition coefficient (Wildman–Crippen LogP) is 2.53. The zero-order chi connectivity index (χ0) is 11.9. The number of carboxylic acid groups (broad SMARTS) is 1. The number of hydrogen-bond donors (Lipinski definition) is 1. The summed E-state index contributed by atoms with van der Waals surface area (Å²) in [6.07, 6.45) is 4.14. The molecule has 0 heterocycles. The highest BCUT2D eigenvalue weighted by atomic mass is 16.4. The highest BCUT2D eigenvalue weighted by Gasteiger charge is 2.20. The second kappa shape index (κ2) is 6.62. The third-order valence-corrected chi connectivity index (χ3v) is 2.38. The summed E-state index contributed by atoms with van der Waals surface area (Å²) in [7, 11) is 0. The van der Waals surface area contributed by atoms with E-state index in [1.807, 2.05) is 6.08 Å². The molecule has 3 heteroatoms. The maximum atomic E-state index is 10.5. The number of unbranched alkanes of at least 4 members (excludes halogenated alkanes) is 1. The summed E-state index contributed by atoms with van der Waals surface area (Å²) >= 11 is 0. The van der Waals surface area contributed by atoms with Crippen LogP contribution >= 0.6 is 0 Å². The number of carboxylic acids is 1. The molecule has 0 rings (SSSR count). The van der Waals surface area contributed by atoms with Gasteiger partial charge < -0.3 is 5.11 Å². The van der Waals surface area contributed by atoms with Gasteiger partial charge in [-0.2, -0.15) is 0 Å². The van der Waals surface area contributed by atoms with Gasteiger partial charge in [-0.1, -0.05) is 6.08 Å². The number of hydrogen-bond acceptors (Lipinski definition) is 2. The molecule has 0 fully saturated rings. The van der Waals surface area contributed by atoms with Crippen LogP contribution in [-0.4, -0.2) is 34.6 Å². The van der Waals surface area contributed by atoms with Crippen molar-refractivity contribution in [1.29, 1.82) is 0 Å². The molecule has 0 spiro atoms. The Morgan fingerprint density at radius 1 is 1.40 bits per heavy atom. The summed E-state index contributed by atoms with van der Waals surface area (Å²) in [5.74, 6) is -0.729. The first-order valence-electron chi connectivity index (χ1n) is 5.45.